The number of nitrogens with one attached hydrogen (secondary N) is 3. The first-order valence-electron chi connectivity index (χ1n) is 9.45. The highest BCUT2D eigenvalue weighted by Gasteiger charge is 2.24. The maximum atomic E-state index is 12.7. The molecule has 2 amide bonds. The largest absolute Gasteiger partial charge is 0.394 e. The number of carbonyl (C=O) groups excluding carboxylic acids is 2. The van der Waals surface area contributed by atoms with E-state index in [0.717, 1.165) is 16.5 Å². The van der Waals surface area contributed by atoms with Crippen molar-refractivity contribution < 1.29 is 19.8 Å². The molecule has 1 aromatic carbocycles. The molecule has 0 bridgehead atoms. The van der Waals surface area contributed by atoms with Gasteiger partial charge >= 0.3 is 0 Å². The molecule has 0 aliphatic carbocycles. The van der Waals surface area contributed by atoms with Crippen LogP contribution in [0.15, 0.2) is 43.1 Å². The van der Waals surface area contributed by atoms with Crippen molar-refractivity contribution in [2.75, 3.05) is 13.2 Å². The molecule has 0 fully saturated rings. The minimum absolute atomic E-state index is 0.00652. The Kier molecular flexibility index (Phi) is 8.22. The number of allylic oxidation sites excluding steroid dienone is 1. The monoisotopic (exact) mass is 387 g/mol. The molecule has 2 rings (SSSR count). The third-order valence-corrected chi connectivity index (χ3v) is 4.64. The summed E-state index contributed by atoms with van der Waals surface area (Å²) >= 11 is 0. The minimum atomic E-state index is -0.583. The summed E-state index contributed by atoms with van der Waals surface area (Å²) in [4.78, 5) is 27.9. The Morgan fingerprint density at radius 1 is 1.21 bits per heavy atom. The number of aromatic amines is 1. The van der Waals surface area contributed by atoms with Crippen molar-refractivity contribution in [1.29, 1.82) is 0 Å². The van der Waals surface area contributed by atoms with E-state index in [1.54, 1.807) is 13.0 Å². The van der Waals surface area contributed by atoms with Crippen molar-refractivity contribution in [3.8, 4) is 0 Å². The maximum absolute atomic E-state index is 12.7. The number of para-hydroxylation sites is 1. The number of benzene rings is 1. The summed E-state index contributed by atoms with van der Waals surface area (Å²) in [6, 6.07) is 7.02. The lowest BCUT2D eigenvalue weighted by Gasteiger charge is -2.21. The molecule has 2 aromatic rings. The van der Waals surface area contributed by atoms with Crippen molar-refractivity contribution in [3.05, 3.63) is 48.7 Å². The summed E-state index contributed by atoms with van der Waals surface area (Å²) in [7, 11) is 0. The molecular formula is C21H29N3O4. The Bertz CT molecular complexity index is 802. The number of carbonyl (C=O) groups is 2. The SMILES string of the molecule is C=CC[C@@H](CC(=O)N[C@H](C)CO)C(=O)N[C@H](CO)Cc1c[nH]c2ccccc12. The van der Waals surface area contributed by atoms with Crippen LogP contribution >= 0.6 is 0 Å². The van der Waals surface area contributed by atoms with Crippen molar-refractivity contribution in [2.45, 2.75) is 38.3 Å². The number of aliphatic hydroxyl groups excluding tert-OH is 2. The summed E-state index contributed by atoms with van der Waals surface area (Å²) in [6.45, 7) is 4.97. The molecule has 152 valence electrons. The molecule has 7 heteroatoms. The molecule has 0 saturated heterocycles. The number of H-pyrrole nitrogens is 1. The smallest absolute Gasteiger partial charge is 0.224 e. The summed E-state index contributed by atoms with van der Waals surface area (Å²) in [6.07, 6.45) is 4.29. The predicted molar refractivity (Wildman–Crippen MR) is 109 cm³/mol. The number of fused-ring (bicyclic) bond motifs is 1. The average Bonchev–Trinajstić information content (AvgIpc) is 3.09. The quantitative estimate of drug-likeness (QED) is 0.374. The number of hydrogen-bond donors (Lipinski definition) is 5. The molecule has 1 aromatic heterocycles. The van der Waals surface area contributed by atoms with E-state index in [1.165, 1.54) is 0 Å². The number of rotatable bonds is 11. The Morgan fingerprint density at radius 3 is 2.64 bits per heavy atom. The summed E-state index contributed by atoms with van der Waals surface area (Å²) in [5.74, 6) is -1.19. The van der Waals surface area contributed by atoms with Gasteiger partial charge in [-0.15, -0.1) is 6.58 Å². The fourth-order valence-corrected chi connectivity index (χ4v) is 3.13. The summed E-state index contributed by atoms with van der Waals surface area (Å²) < 4.78 is 0. The van der Waals surface area contributed by atoms with Gasteiger partial charge in [-0.3, -0.25) is 9.59 Å². The molecular weight excluding hydrogens is 358 g/mol. The maximum Gasteiger partial charge on any atom is 0.224 e. The van der Waals surface area contributed by atoms with Crippen molar-refractivity contribution >= 4 is 22.7 Å². The van der Waals surface area contributed by atoms with Gasteiger partial charge in [0.05, 0.1) is 25.2 Å². The number of aromatic nitrogens is 1. The first-order valence-corrected chi connectivity index (χ1v) is 9.45. The van der Waals surface area contributed by atoms with Gasteiger partial charge in [0.1, 0.15) is 0 Å². The molecule has 0 spiro atoms. The van der Waals surface area contributed by atoms with Gasteiger partial charge in [-0.25, -0.2) is 0 Å². The molecule has 7 nitrogen and oxygen atoms in total. The molecule has 0 aliphatic heterocycles. The zero-order chi connectivity index (χ0) is 20.5. The third-order valence-electron chi connectivity index (χ3n) is 4.64. The fraction of sp³-hybridized carbons (Fsp3) is 0.429. The highest BCUT2D eigenvalue weighted by atomic mass is 16.3. The lowest BCUT2D eigenvalue weighted by molar-refractivity contribution is -0.131. The van der Waals surface area contributed by atoms with E-state index in [4.69, 9.17) is 5.11 Å². The highest BCUT2D eigenvalue weighted by Crippen LogP contribution is 2.19. The van der Waals surface area contributed by atoms with Gasteiger partial charge in [0.25, 0.3) is 0 Å². The van der Waals surface area contributed by atoms with Gasteiger partial charge < -0.3 is 25.8 Å². The minimum Gasteiger partial charge on any atom is -0.394 e. The Morgan fingerprint density at radius 2 is 1.96 bits per heavy atom. The average molecular weight is 387 g/mol. The van der Waals surface area contributed by atoms with Gasteiger partial charge in [0, 0.05) is 29.6 Å². The van der Waals surface area contributed by atoms with Crippen LogP contribution in [0.1, 0.15) is 25.3 Å². The van der Waals surface area contributed by atoms with E-state index in [2.05, 4.69) is 22.2 Å². The van der Waals surface area contributed by atoms with Crippen LogP contribution in [0.2, 0.25) is 0 Å². The van der Waals surface area contributed by atoms with Crippen LogP contribution in [-0.2, 0) is 16.0 Å². The second kappa shape index (κ2) is 10.6. The Hall–Kier alpha value is -2.64. The molecule has 0 unspecified atom stereocenters. The van der Waals surface area contributed by atoms with Crippen LogP contribution in [0.5, 0.6) is 0 Å². The van der Waals surface area contributed by atoms with Crippen molar-refractivity contribution in [1.82, 2.24) is 15.6 Å². The lowest BCUT2D eigenvalue weighted by atomic mass is 9.98. The lowest BCUT2D eigenvalue weighted by Crippen LogP contribution is -2.44. The zero-order valence-electron chi connectivity index (χ0n) is 16.1. The van der Waals surface area contributed by atoms with Gasteiger partial charge in [-0.1, -0.05) is 24.3 Å². The first kappa shape index (κ1) is 21.7. The standard InChI is InChI=1S/C21H29N3O4/c1-3-6-15(10-20(27)23-14(2)12-25)21(28)24-17(13-26)9-16-11-22-19-8-5-4-7-18(16)19/h3-5,7-8,11,14-15,17,22,25-26H,1,6,9-10,12-13H2,2H3,(H,23,27)(H,24,28)/t14-,15+,17+/m1/s1. The van der Waals surface area contributed by atoms with Gasteiger partial charge in [0.2, 0.25) is 11.8 Å². The van der Waals surface area contributed by atoms with E-state index in [1.807, 2.05) is 30.5 Å². The number of hydrogen-bond acceptors (Lipinski definition) is 4. The second-order valence-electron chi connectivity index (χ2n) is 7.03. The van der Waals surface area contributed by atoms with Crippen LogP contribution in [-0.4, -0.2) is 52.3 Å². The molecule has 0 saturated carbocycles. The highest BCUT2D eigenvalue weighted by molar-refractivity contribution is 5.86. The molecule has 3 atom stereocenters. The Balaban J connectivity index is 2.01. The topological polar surface area (TPSA) is 114 Å². The van der Waals surface area contributed by atoms with E-state index >= 15 is 0 Å². The molecule has 1 heterocycles. The van der Waals surface area contributed by atoms with E-state index in [0.29, 0.717) is 12.8 Å². The predicted octanol–water partition coefficient (Wildman–Crippen LogP) is 1.27. The summed E-state index contributed by atoms with van der Waals surface area (Å²) in [5, 5.41) is 25.3. The number of aliphatic hydroxyl groups is 2. The van der Waals surface area contributed by atoms with Gasteiger partial charge in [-0.2, -0.15) is 0 Å². The molecule has 28 heavy (non-hydrogen) atoms. The number of amides is 2. The molecule has 0 aliphatic rings. The van der Waals surface area contributed by atoms with Crippen molar-refractivity contribution in [3.63, 3.8) is 0 Å². The Labute approximate surface area is 164 Å². The van der Waals surface area contributed by atoms with Crippen LogP contribution in [0.3, 0.4) is 0 Å². The zero-order valence-corrected chi connectivity index (χ0v) is 16.1. The van der Waals surface area contributed by atoms with E-state index < -0.39 is 12.0 Å². The fourth-order valence-electron chi connectivity index (χ4n) is 3.13. The first-order chi connectivity index (χ1) is 13.5. The third kappa shape index (κ3) is 5.94. The van der Waals surface area contributed by atoms with Gasteiger partial charge in [0.15, 0.2) is 0 Å². The second-order valence-corrected chi connectivity index (χ2v) is 7.03. The van der Waals surface area contributed by atoms with Crippen LogP contribution < -0.4 is 10.6 Å². The summed E-state index contributed by atoms with van der Waals surface area (Å²) in [5.41, 5.74) is 2.00. The molecule has 5 N–H and O–H groups in total. The molecule has 0 radical (unpaired) electrons. The van der Waals surface area contributed by atoms with Crippen molar-refractivity contribution in [2.24, 2.45) is 5.92 Å². The van der Waals surface area contributed by atoms with Crippen LogP contribution in [0, 0.1) is 5.92 Å². The van der Waals surface area contributed by atoms with Crippen LogP contribution in [0.25, 0.3) is 10.9 Å². The van der Waals surface area contributed by atoms with Gasteiger partial charge in [-0.05, 0) is 31.4 Å². The van der Waals surface area contributed by atoms with E-state index in [-0.39, 0.29) is 37.5 Å². The van der Waals surface area contributed by atoms with Crippen LogP contribution in [0.4, 0.5) is 0 Å². The normalized spacial score (nSPS) is 14.2. The van der Waals surface area contributed by atoms with E-state index in [9.17, 15) is 14.7 Å².